The standard InChI is InChI=1S/C12H22N2S/c1-2-12-8-14(5-3-11(1)13-12)7-10-4-6-15-9-10/h10-13H,1-9H2. The van der Waals surface area contributed by atoms with Crippen molar-refractivity contribution in [1.29, 1.82) is 0 Å². The first-order chi connectivity index (χ1) is 7.40. The van der Waals surface area contributed by atoms with Gasteiger partial charge in [-0.15, -0.1) is 0 Å². The van der Waals surface area contributed by atoms with Crippen LogP contribution >= 0.6 is 11.8 Å². The molecule has 0 radical (unpaired) electrons. The topological polar surface area (TPSA) is 15.3 Å². The van der Waals surface area contributed by atoms with Crippen LogP contribution in [0.1, 0.15) is 25.7 Å². The number of hydrogen-bond donors (Lipinski definition) is 1. The van der Waals surface area contributed by atoms with E-state index in [1.807, 2.05) is 0 Å². The second-order valence-electron chi connectivity index (χ2n) is 5.42. The summed E-state index contributed by atoms with van der Waals surface area (Å²) in [5, 5.41) is 3.76. The lowest BCUT2D eigenvalue weighted by atomic mass is 10.1. The van der Waals surface area contributed by atoms with Gasteiger partial charge in [-0.2, -0.15) is 11.8 Å². The van der Waals surface area contributed by atoms with E-state index in [4.69, 9.17) is 0 Å². The van der Waals surface area contributed by atoms with Crippen LogP contribution in [-0.2, 0) is 0 Å². The van der Waals surface area contributed by atoms with Gasteiger partial charge in [0, 0.05) is 25.2 Å². The van der Waals surface area contributed by atoms with Crippen molar-refractivity contribution < 1.29 is 0 Å². The molecule has 3 saturated heterocycles. The normalized spacial score (nSPS) is 42.0. The molecule has 3 heteroatoms. The number of likely N-dealkylation sites (tertiary alicyclic amines) is 1. The molecule has 2 bridgehead atoms. The molecule has 0 aromatic heterocycles. The van der Waals surface area contributed by atoms with Crippen LogP contribution in [0.3, 0.4) is 0 Å². The van der Waals surface area contributed by atoms with Gasteiger partial charge in [0.05, 0.1) is 0 Å². The van der Waals surface area contributed by atoms with E-state index in [1.54, 1.807) is 0 Å². The largest absolute Gasteiger partial charge is 0.310 e. The Kier molecular flexibility index (Phi) is 3.23. The molecule has 0 aromatic carbocycles. The smallest absolute Gasteiger partial charge is 0.0198 e. The Hall–Kier alpha value is 0.270. The molecule has 3 unspecified atom stereocenters. The second kappa shape index (κ2) is 4.64. The van der Waals surface area contributed by atoms with Crippen LogP contribution in [0, 0.1) is 5.92 Å². The van der Waals surface area contributed by atoms with Crippen LogP contribution < -0.4 is 5.32 Å². The molecule has 2 nitrogen and oxygen atoms in total. The van der Waals surface area contributed by atoms with Gasteiger partial charge in [0.1, 0.15) is 0 Å². The summed E-state index contributed by atoms with van der Waals surface area (Å²) in [5.74, 6) is 3.81. The van der Waals surface area contributed by atoms with Gasteiger partial charge in [-0.25, -0.2) is 0 Å². The molecular weight excluding hydrogens is 204 g/mol. The highest BCUT2D eigenvalue weighted by molar-refractivity contribution is 7.99. The number of thioether (sulfide) groups is 1. The maximum atomic E-state index is 3.76. The summed E-state index contributed by atoms with van der Waals surface area (Å²) < 4.78 is 0. The van der Waals surface area contributed by atoms with Crippen LogP contribution in [0.2, 0.25) is 0 Å². The van der Waals surface area contributed by atoms with Gasteiger partial charge in [0.15, 0.2) is 0 Å². The van der Waals surface area contributed by atoms with Crippen LogP contribution in [0.5, 0.6) is 0 Å². The Morgan fingerprint density at radius 2 is 2.07 bits per heavy atom. The van der Waals surface area contributed by atoms with Crippen molar-refractivity contribution in [2.75, 3.05) is 31.1 Å². The van der Waals surface area contributed by atoms with Gasteiger partial charge < -0.3 is 10.2 Å². The van der Waals surface area contributed by atoms with E-state index in [0.29, 0.717) is 0 Å². The van der Waals surface area contributed by atoms with Gasteiger partial charge in [-0.3, -0.25) is 0 Å². The van der Waals surface area contributed by atoms with Crippen molar-refractivity contribution in [2.24, 2.45) is 5.92 Å². The third-order valence-electron chi connectivity index (χ3n) is 4.15. The van der Waals surface area contributed by atoms with E-state index >= 15 is 0 Å². The Morgan fingerprint density at radius 3 is 2.93 bits per heavy atom. The van der Waals surface area contributed by atoms with Crippen LogP contribution in [0.25, 0.3) is 0 Å². The summed E-state index contributed by atoms with van der Waals surface area (Å²) in [4.78, 5) is 2.73. The lowest BCUT2D eigenvalue weighted by molar-refractivity contribution is 0.228. The monoisotopic (exact) mass is 226 g/mol. The maximum absolute atomic E-state index is 3.76. The molecule has 0 aromatic rings. The fraction of sp³-hybridized carbons (Fsp3) is 1.00. The first kappa shape index (κ1) is 10.4. The van der Waals surface area contributed by atoms with Gasteiger partial charge in [-0.05, 0) is 49.7 Å². The molecule has 15 heavy (non-hydrogen) atoms. The lowest BCUT2D eigenvalue weighted by Gasteiger charge is -2.26. The summed E-state index contributed by atoms with van der Waals surface area (Å²) in [7, 11) is 0. The zero-order valence-corrected chi connectivity index (χ0v) is 10.3. The Morgan fingerprint density at radius 1 is 1.13 bits per heavy atom. The third-order valence-corrected chi connectivity index (χ3v) is 5.38. The molecule has 1 N–H and O–H groups in total. The number of nitrogens with one attached hydrogen (secondary N) is 1. The fourth-order valence-electron chi connectivity index (χ4n) is 3.27. The highest BCUT2D eigenvalue weighted by atomic mass is 32.2. The van der Waals surface area contributed by atoms with Crippen LogP contribution in [-0.4, -0.2) is 48.1 Å². The van der Waals surface area contributed by atoms with E-state index in [9.17, 15) is 0 Å². The summed E-state index contributed by atoms with van der Waals surface area (Å²) in [6.45, 7) is 4.03. The molecule has 0 aliphatic carbocycles. The van der Waals surface area contributed by atoms with Gasteiger partial charge in [0.25, 0.3) is 0 Å². The average Bonchev–Trinajstić information content (AvgIpc) is 2.80. The molecule has 3 fully saturated rings. The van der Waals surface area contributed by atoms with E-state index in [2.05, 4.69) is 22.0 Å². The molecule has 3 rings (SSSR count). The number of fused-ring (bicyclic) bond motifs is 2. The summed E-state index contributed by atoms with van der Waals surface area (Å²) in [6, 6.07) is 1.66. The molecule has 3 aliphatic rings. The van der Waals surface area contributed by atoms with E-state index < -0.39 is 0 Å². The predicted octanol–water partition coefficient (Wildman–Crippen LogP) is 1.57. The molecule has 3 heterocycles. The van der Waals surface area contributed by atoms with Gasteiger partial charge in [0.2, 0.25) is 0 Å². The molecule has 3 aliphatic heterocycles. The minimum atomic E-state index is 0.812. The summed E-state index contributed by atoms with van der Waals surface area (Å²) in [6.07, 6.45) is 5.69. The Balaban J connectivity index is 1.53. The number of rotatable bonds is 2. The molecule has 0 amide bonds. The van der Waals surface area contributed by atoms with Crippen molar-refractivity contribution in [3.05, 3.63) is 0 Å². The van der Waals surface area contributed by atoms with Gasteiger partial charge in [-0.1, -0.05) is 0 Å². The van der Waals surface area contributed by atoms with Crippen LogP contribution in [0.4, 0.5) is 0 Å². The summed E-state index contributed by atoms with van der Waals surface area (Å²) >= 11 is 2.15. The maximum Gasteiger partial charge on any atom is 0.0198 e. The SMILES string of the molecule is C1CC(CN2CCC3CCC(C2)N3)CS1. The minimum absolute atomic E-state index is 0.812. The zero-order valence-electron chi connectivity index (χ0n) is 9.45. The number of hydrogen-bond acceptors (Lipinski definition) is 3. The highest BCUT2D eigenvalue weighted by Crippen LogP contribution is 2.26. The second-order valence-corrected chi connectivity index (χ2v) is 6.57. The van der Waals surface area contributed by atoms with Crippen molar-refractivity contribution >= 4 is 11.8 Å². The average molecular weight is 226 g/mol. The summed E-state index contributed by atoms with van der Waals surface area (Å²) in [5.41, 5.74) is 0. The van der Waals surface area contributed by atoms with Gasteiger partial charge >= 0.3 is 0 Å². The van der Waals surface area contributed by atoms with E-state index in [-0.39, 0.29) is 0 Å². The first-order valence-corrected chi connectivity index (χ1v) is 7.62. The molecule has 0 saturated carbocycles. The van der Waals surface area contributed by atoms with Crippen molar-refractivity contribution in [1.82, 2.24) is 10.2 Å². The quantitative estimate of drug-likeness (QED) is 0.769. The highest BCUT2D eigenvalue weighted by Gasteiger charge is 2.30. The van der Waals surface area contributed by atoms with Crippen molar-refractivity contribution in [3.8, 4) is 0 Å². The first-order valence-electron chi connectivity index (χ1n) is 6.46. The molecule has 0 spiro atoms. The Labute approximate surface area is 97.2 Å². The molecule has 86 valence electrons. The van der Waals surface area contributed by atoms with Crippen molar-refractivity contribution in [2.45, 2.75) is 37.8 Å². The minimum Gasteiger partial charge on any atom is -0.310 e. The predicted molar refractivity (Wildman–Crippen MR) is 66.4 cm³/mol. The third kappa shape index (κ3) is 2.51. The van der Waals surface area contributed by atoms with E-state index in [1.165, 1.54) is 56.8 Å². The fourth-order valence-corrected chi connectivity index (χ4v) is 4.55. The van der Waals surface area contributed by atoms with Crippen LogP contribution in [0.15, 0.2) is 0 Å². The Bertz CT molecular complexity index is 216. The lowest BCUT2D eigenvalue weighted by Crippen LogP contribution is -2.37. The number of nitrogens with zero attached hydrogens (tertiary/aromatic N) is 1. The zero-order chi connectivity index (χ0) is 10.1. The van der Waals surface area contributed by atoms with Crippen molar-refractivity contribution in [3.63, 3.8) is 0 Å². The van der Waals surface area contributed by atoms with E-state index in [0.717, 1.165) is 18.0 Å². The molecule has 3 atom stereocenters. The molecular formula is C12H22N2S.